The molecule has 1 aromatic rings. The summed E-state index contributed by atoms with van der Waals surface area (Å²) in [5.41, 5.74) is -2.03. The largest absolute Gasteiger partial charge is 0.491 e. The smallest absolute Gasteiger partial charge is 0.442 e. The van der Waals surface area contributed by atoms with Gasteiger partial charge in [0.2, 0.25) is 5.91 Å². The lowest BCUT2D eigenvalue weighted by atomic mass is 9.43. The first-order valence-corrected chi connectivity index (χ1v) is 28.0. The molecule has 0 spiro atoms. The second kappa shape index (κ2) is 23.1. The maximum atomic E-state index is 14.2. The van der Waals surface area contributed by atoms with Crippen molar-refractivity contribution in [2.75, 3.05) is 45.3 Å². The minimum Gasteiger partial charge on any atom is -0.491 e. The Labute approximate surface area is 432 Å². The van der Waals surface area contributed by atoms with Gasteiger partial charge in [-0.15, -0.1) is 10.2 Å². The van der Waals surface area contributed by atoms with E-state index >= 15 is 0 Å². The number of halogens is 3. The van der Waals surface area contributed by atoms with Crippen LogP contribution in [0.1, 0.15) is 123 Å². The van der Waals surface area contributed by atoms with E-state index in [2.05, 4.69) is 60.8 Å². The van der Waals surface area contributed by atoms with Gasteiger partial charge in [0.25, 0.3) is 0 Å². The Morgan fingerprint density at radius 3 is 2.40 bits per heavy atom. The number of oxime groups is 1. The number of thioether (sulfide) groups is 1. The van der Waals surface area contributed by atoms with Crippen LogP contribution in [0.2, 0.25) is 0 Å². The van der Waals surface area contributed by atoms with Crippen LogP contribution in [-0.2, 0) is 31.4 Å². The van der Waals surface area contributed by atoms with Crippen LogP contribution in [-0.4, -0.2) is 131 Å². The number of nitrogens with zero attached hydrogens (tertiary/aromatic N) is 3. The molecule has 7 N–H and O–H groups in total. The molecule has 16 atom stereocenters. The van der Waals surface area contributed by atoms with E-state index in [9.17, 15) is 43.2 Å². The predicted molar refractivity (Wildman–Crippen MR) is 269 cm³/mol. The Bertz CT molecular complexity index is 2130. The van der Waals surface area contributed by atoms with Crippen LogP contribution in [0.25, 0.3) is 0 Å². The number of nitrogens with one attached hydrogen (secondary N) is 3. The minimum atomic E-state index is -4.74. The van der Waals surface area contributed by atoms with Crippen LogP contribution >= 0.6 is 11.8 Å². The highest BCUT2D eigenvalue weighted by Crippen LogP contribution is 2.68. The van der Waals surface area contributed by atoms with Crippen molar-refractivity contribution in [2.24, 2.45) is 73.6 Å². The fourth-order valence-electron chi connectivity index (χ4n) is 14.2. The van der Waals surface area contributed by atoms with Crippen LogP contribution in [0.3, 0.4) is 0 Å². The summed E-state index contributed by atoms with van der Waals surface area (Å²) in [5, 5.41) is 65.7. The van der Waals surface area contributed by atoms with Gasteiger partial charge in [-0.2, -0.15) is 24.9 Å². The lowest BCUT2D eigenvalue weighted by Gasteiger charge is -2.61. The number of benzene rings is 1. The van der Waals surface area contributed by atoms with Gasteiger partial charge in [-0.25, -0.2) is 4.79 Å². The Balaban J connectivity index is 0.841. The molecule has 3 heterocycles. The average molecular weight is 1050 g/mol. The first-order valence-electron chi connectivity index (χ1n) is 27.0. The van der Waals surface area contributed by atoms with E-state index in [4.69, 9.17) is 24.2 Å². The van der Waals surface area contributed by atoms with Crippen molar-refractivity contribution < 1.29 is 62.2 Å². The van der Waals surface area contributed by atoms with Gasteiger partial charge < -0.3 is 55.4 Å². The van der Waals surface area contributed by atoms with Crippen LogP contribution in [0.5, 0.6) is 5.75 Å². The Hall–Kier alpha value is -3.27. The highest BCUT2D eigenvalue weighted by atomic mass is 32.2. The number of alkyl halides is 3. The summed E-state index contributed by atoms with van der Waals surface area (Å²) >= 11 is 1.86. The van der Waals surface area contributed by atoms with Gasteiger partial charge in [0.15, 0.2) is 0 Å². The topological polar surface area (TPSA) is 225 Å². The number of unbranched alkanes of at least 4 members (excludes halogenated alkanes) is 1. The van der Waals surface area contributed by atoms with E-state index in [0.717, 1.165) is 56.4 Å². The van der Waals surface area contributed by atoms with Crippen LogP contribution in [0.15, 0.2) is 33.6 Å². The van der Waals surface area contributed by atoms with Crippen molar-refractivity contribution in [3.05, 3.63) is 29.3 Å². The molecule has 7 aliphatic rings. The second-order valence-corrected chi connectivity index (χ2v) is 24.5. The number of hydrogen-bond donors (Lipinski definition) is 7. The Kier molecular flexibility index (Phi) is 17.7. The number of ether oxygens (including phenoxy) is 3. The van der Waals surface area contributed by atoms with Crippen molar-refractivity contribution in [3.63, 3.8) is 0 Å². The zero-order valence-corrected chi connectivity index (χ0v) is 44.3. The van der Waals surface area contributed by atoms with Gasteiger partial charge >= 0.3 is 17.9 Å². The minimum absolute atomic E-state index is 0.0107. The average Bonchev–Trinajstić information content (AvgIpc) is 3.83. The lowest BCUT2D eigenvalue weighted by Crippen LogP contribution is -2.59. The number of amides is 3. The van der Waals surface area contributed by atoms with E-state index in [1.54, 1.807) is 0 Å². The molecule has 8 rings (SSSR count). The number of aliphatic hydroxyl groups is 4. The molecule has 3 aliphatic heterocycles. The number of aliphatic hydroxyl groups excluding tert-OH is 4. The molecule has 0 radical (unpaired) electrons. The molecule has 4 aliphatic carbocycles. The van der Waals surface area contributed by atoms with Gasteiger partial charge in [-0.05, 0) is 116 Å². The molecule has 6 fully saturated rings. The second-order valence-electron chi connectivity index (χ2n) is 23.2. The number of urea groups is 1. The summed E-state index contributed by atoms with van der Waals surface area (Å²) in [5.74, 6) is 1.94. The SMILES string of the molecule is CC(C)[C@H](C)[C@@H](O)[C@H](O)[C@@H](C)[C@H]1CC[C@H]2[C@@H]3C/C(=N\OCc4ccc(C5(C(F)(F)F)N=N5)cc4OCCOCCOCCNC(=O)CCCC[C@@H]4SC[C@@H]5NC(=O)N[C@@H]54)[C@H]4C[C@H](O)[C@H](O)C[C@]4(C)[C@H]3CC[C@]12C. The summed E-state index contributed by atoms with van der Waals surface area (Å²) in [6.07, 6.45) is 0.0782. The molecule has 0 bridgehead atoms. The van der Waals surface area contributed by atoms with Gasteiger partial charge in [0.1, 0.15) is 19.0 Å². The highest BCUT2D eigenvalue weighted by Gasteiger charge is 2.66. The van der Waals surface area contributed by atoms with E-state index in [1.807, 2.05) is 18.7 Å². The van der Waals surface area contributed by atoms with E-state index in [-0.39, 0.29) is 121 Å². The van der Waals surface area contributed by atoms with E-state index in [1.165, 1.54) is 18.2 Å². The van der Waals surface area contributed by atoms with Crippen molar-refractivity contribution >= 4 is 29.4 Å². The third kappa shape index (κ3) is 11.8. The standard InChI is InChI=1S/C53H81F3N6O10S/c1-29(2)30(3)47(66)48(67)31(4)35-13-14-36-34-24-39(38-25-41(63)42(64)26-51(38,6)37(34)15-16-50(35,36)5)60-72-27-32-11-12-33(52(61-62-52)53(54,55)56)23-43(32)71-22-21-70-20-19-69-18-17-57-45(65)10-8-7-9-44-46-40(28-73-44)58-49(68)59-46/h11-12,23,29-31,34-38,40-42,44,46-48,63-64,66-67H,7-10,13-22,24-28H2,1-6H3,(H,57,65)(H2,58,59,68)/b60-39+/t30-,31-,34-,35+,36-,37-,38+,40-,41-,42+,44-,46-,47+,48+,50+,51+/m0/s1. The molecule has 4 saturated carbocycles. The molecular formula is C53H81F3N6O10S. The molecule has 1 aromatic carbocycles. The van der Waals surface area contributed by atoms with Crippen molar-refractivity contribution in [3.8, 4) is 5.75 Å². The summed E-state index contributed by atoms with van der Waals surface area (Å²) in [7, 11) is 0. The Morgan fingerprint density at radius 1 is 0.945 bits per heavy atom. The zero-order valence-electron chi connectivity index (χ0n) is 43.4. The third-order valence-electron chi connectivity index (χ3n) is 18.8. The van der Waals surface area contributed by atoms with E-state index in [0.29, 0.717) is 55.6 Å². The fraction of sp³-hybridized carbons (Fsp3) is 0.830. The first kappa shape index (κ1) is 55.9. The molecule has 410 valence electrons. The number of fused-ring (bicyclic) bond motifs is 6. The number of carbonyl (C=O) groups is 2. The van der Waals surface area contributed by atoms with Gasteiger partial charge in [0, 0.05) is 41.0 Å². The molecule has 3 amide bonds. The number of carbonyl (C=O) groups excluding carboxylic acids is 2. The molecule has 20 heteroatoms. The zero-order chi connectivity index (χ0) is 52.5. The van der Waals surface area contributed by atoms with Crippen LogP contribution in [0.4, 0.5) is 18.0 Å². The van der Waals surface area contributed by atoms with Gasteiger partial charge in [-0.1, -0.05) is 65.3 Å². The summed E-state index contributed by atoms with van der Waals surface area (Å²) < 4.78 is 59.8. The highest BCUT2D eigenvalue weighted by molar-refractivity contribution is 8.00. The summed E-state index contributed by atoms with van der Waals surface area (Å²) in [4.78, 5) is 30.1. The number of hydrogen-bond acceptors (Lipinski definition) is 14. The molecule has 2 saturated heterocycles. The molecule has 0 unspecified atom stereocenters. The van der Waals surface area contributed by atoms with Crippen molar-refractivity contribution in [1.82, 2.24) is 16.0 Å². The van der Waals surface area contributed by atoms with Gasteiger partial charge in [0.05, 0.1) is 68.6 Å². The van der Waals surface area contributed by atoms with Gasteiger partial charge in [-0.3, -0.25) is 4.79 Å². The normalized spacial score (nSPS) is 35.3. The quantitative estimate of drug-likeness (QED) is 0.0310. The van der Waals surface area contributed by atoms with E-state index < -0.39 is 36.3 Å². The monoisotopic (exact) mass is 1050 g/mol. The maximum Gasteiger partial charge on any atom is 0.442 e. The number of rotatable bonds is 24. The molecule has 0 aromatic heterocycles. The lowest BCUT2D eigenvalue weighted by molar-refractivity contribution is -0.166. The third-order valence-corrected chi connectivity index (χ3v) is 20.3. The van der Waals surface area contributed by atoms with Crippen LogP contribution < -0.4 is 20.7 Å². The summed E-state index contributed by atoms with van der Waals surface area (Å²) in [6, 6.07) is 4.37. The predicted octanol–water partition coefficient (Wildman–Crippen LogP) is 7.24. The Morgan fingerprint density at radius 2 is 1.67 bits per heavy atom. The van der Waals surface area contributed by atoms with Crippen molar-refractivity contribution in [2.45, 2.75) is 172 Å². The molecule has 73 heavy (non-hydrogen) atoms. The molecule has 16 nitrogen and oxygen atoms in total. The maximum absolute atomic E-state index is 14.2. The molecular weight excluding hydrogens is 970 g/mol. The van der Waals surface area contributed by atoms with Crippen LogP contribution in [0, 0.1) is 58.2 Å². The fourth-order valence-corrected chi connectivity index (χ4v) is 15.7. The summed E-state index contributed by atoms with van der Waals surface area (Å²) in [6.45, 7) is 14.0. The van der Waals surface area contributed by atoms with Crippen molar-refractivity contribution in [1.29, 1.82) is 0 Å². The first-order chi connectivity index (χ1) is 34.7.